The van der Waals surface area contributed by atoms with E-state index in [2.05, 4.69) is 21.0 Å². The molecule has 0 fully saturated rings. The predicted molar refractivity (Wildman–Crippen MR) is 73.0 cm³/mol. The third kappa shape index (κ3) is 1.93. The third-order valence-electron chi connectivity index (χ3n) is 3.08. The maximum atomic E-state index is 5.31. The number of fused-ring (bicyclic) bond motifs is 1. The quantitative estimate of drug-likeness (QED) is 0.704. The van der Waals surface area contributed by atoms with Crippen molar-refractivity contribution >= 4 is 11.0 Å². The SMILES string of the molecule is COc1cnc(C)nc1-c1cnc2c(ccn2C)c1. The Labute approximate surface area is 110 Å². The van der Waals surface area contributed by atoms with E-state index in [-0.39, 0.29) is 0 Å². The highest BCUT2D eigenvalue weighted by molar-refractivity contribution is 5.82. The molecule has 0 radical (unpaired) electrons. The highest BCUT2D eigenvalue weighted by atomic mass is 16.5. The first-order valence-corrected chi connectivity index (χ1v) is 5.98. The Bertz CT molecular complexity index is 748. The first-order chi connectivity index (χ1) is 9.19. The molecular formula is C14H14N4O. The molecule has 0 aliphatic rings. The molecular weight excluding hydrogens is 240 g/mol. The van der Waals surface area contributed by atoms with Crippen molar-refractivity contribution in [2.24, 2.45) is 7.05 Å². The molecule has 3 heterocycles. The normalized spacial score (nSPS) is 10.9. The average Bonchev–Trinajstić information content (AvgIpc) is 2.80. The molecule has 3 rings (SSSR count). The highest BCUT2D eigenvalue weighted by Gasteiger charge is 2.10. The summed E-state index contributed by atoms with van der Waals surface area (Å²) in [6.07, 6.45) is 5.49. The molecule has 0 unspecified atom stereocenters. The topological polar surface area (TPSA) is 52.8 Å². The van der Waals surface area contributed by atoms with E-state index in [9.17, 15) is 0 Å². The number of hydrogen-bond acceptors (Lipinski definition) is 4. The van der Waals surface area contributed by atoms with Gasteiger partial charge in [-0.3, -0.25) is 0 Å². The molecule has 19 heavy (non-hydrogen) atoms. The van der Waals surface area contributed by atoms with E-state index in [1.807, 2.05) is 37.0 Å². The Hall–Kier alpha value is -2.43. The summed E-state index contributed by atoms with van der Waals surface area (Å²) < 4.78 is 7.30. The van der Waals surface area contributed by atoms with Gasteiger partial charge in [-0.25, -0.2) is 15.0 Å². The Balaban J connectivity index is 2.21. The Kier molecular flexibility index (Phi) is 2.67. The molecule has 0 aliphatic carbocycles. The summed E-state index contributed by atoms with van der Waals surface area (Å²) in [4.78, 5) is 13.1. The van der Waals surface area contributed by atoms with Gasteiger partial charge in [0.15, 0.2) is 5.75 Å². The van der Waals surface area contributed by atoms with Gasteiger partial charge >= 0.3 is 0 Å². The molecule has 3 aromatic heterocycles. The van der Waals surface area contributed by atoms with Gasteiger partial charge in [-0.05, 0) is 19.1 Å². The van der Waals surface area contributed by atoms with Crippen LogP contribution in [0.1, 0.15) is 5.82 Å². The van der Waals surface area contributed by atoms with Crippen LogP contribution in [-0.2, 0) is 7.05 Å². The van der Waals surface area contributed by atoms with Crippen LogP contribution in [0.4, 0.5) is 0 Å². The number of methoxy groups -OCH3 is 1. The van der Waals surface area contributed by atoms with Crippen molar-refractivity contribution in [2.45, 2.75) is 6.92 Å². The fourth-order valence-corrected chi connectivity index (χ4v) is 2.10. The standard InChI is InChI=1S/C14H14N4O/c1-9-15-8-12(19-3)13(17-9)11-6-10-4-5-18(2)14(10)16-7-11/h4-8H,1-3H3. The van der Waals surface area contributed by atoms with Crippen LogP contribution in [0.3, 0.4) is 0 Å². The maximum absolute atomic E-state index is 5.31. The van der Waals surface area contributed by atoms with E-state index in [0.29, 0.717) is 11.6 Å². The van der Waals surface area contributed by atoms with E-state index < -0.39 is 0 Å². The minimum atomic E-state index is 0.655. The van der Waals surface area contributed by atoms with Gasteiger partial charge in [0.2, 0.25) is 0 Å². The van der Waals surface area contributed by atoms with Crippen molar-refractivity contribution in [3.8, 4) is 17.0 Å². The average molecular weight is 254 g/mol. The molecule has 0 bridgehead atoms. The monoisotopic (exact) mass is 254 g/mol. The second-order valence-electron chi connectivity index (χ2n) is 4.40. The van der Waals surface area contributed by atoms with Crippen molar-refractivity contribution in [3.63, 3.8) is 0 Å². The Morgan fingerprint density at radius 3 is 2.84 bits per heavy atom. The first kappa shape index (κ1) is 11.6. The van der Waals surface area contributed by atoms with Crippen molar-refractivity contribution in [3.05, 3.63) is 36.5 Å². The molecule has 96 valence electrons. The van der Waals surface area contributed by atoms with Gasteiger partial charge in [-0.1, -0.05) is 0 Å². The van der Waals surface area contributed by atoms with E-state index in [0.717, 1.165) is 22.3 Å². The molecule has 0 atom stereocenters. The van der Waals surface area contributed by atoms with Crippen LogP contribution in [0.2, 0.25) is 0 Å². The second kappa shape index (κ2) is 4.35. The number of ether oxygens (including phenoxy) is 1. The van der Waals surface area contributed by atoms with E-state index >= 15 is 0 Å². The lowest BCUT2D eigenvalue weighted by atomic mass is 10.1. The smallest absolute Gasteiger partial charge is 0.163 e. The van der Waals surface area contributed by atoms with Crippen LogP contribution in [-0.4, -0.2) is 26.6 Å². The number of rotatable bonds is 2. The Morgan fingerprint density at radius 1 is 1.21 bits per heavy atom. The Morgan fingerprint density at radius 2 is 2.05 bits per heavy atom. The predicted octanol–water partition coefficient (Wildman–Crippen LogP) is 2.35. The summed E-state index contributed by atoms with van der Waals surface area (Å²) in [5, 5.41) is 1.08. The lowest BCUT2D eigenvalue weighted by Crippen LogP contribution is -1.97. The summed E-state index contributed by atoms with van der Waals surface area (Å²) >= 11 is 0. The molecule has 5 heteroatoms. The van der Waals surface area contributed by atoms with E-state index in [4.69, 9.17) is 4.74 Å². The van der Waals surface area contributed by atoms with E-state index in [1.54, 1.807) is 13.3 Å². The molecule has 0 saturated heterocycles. The third-order valence-corrected chi connectivity index (χ3v) is 3.08. The second-order valence-corrected chi connectivity index (χ2v) is 4.40. The summed E-state index contributed by atoms with van der Waals surface area (Å²) in [5.74, 6) is 1.37. The largest absolute Gasteiger partial charge is 0.493 e. The van der Waals surface area contributed by atoms with Crippen molar-refractivity contribution in [1.82, 2.24) is 19.5 Å². The van der Waals surface area contributed by atoms with Gasteiger partial charge in [-0.15, -0.1) is 0 Å². The number of hydrogen-bond donors (Lipinski definition) is 0. The van der Waals surface area contributed by atoms with Gasteiger partial charge in [0.25, 0.3) is 0 Å². The molecule has 0 saturated carbocycles. The van der Waals surface area contributed by atoms with Crippen LogP contribution in [0.5, 0.6) is 5.75 Å². The zero-order valence-corrected chi connectivity index (χ0v) is 11.1. The number of aryl methyl sites for hydroxylation is 2. The molecule has 3 aromatic rings. The maximum Gasteiger partial charge on any atom is 0.163 e. The lowest BCUT2D eigenvalue weighted by molar-refractivity contribution is 0.412. The van der Waals surface area contributed by atoms with E-state index in [1.165, 1.54) is 0 Å². The van der Waals surface area contributed by atoms with Crippen LogP contribution >= 0.6 is 0 Å². The number of aromatic nitrogens is 4. The molecule has 0 spiro atoms. The molecule has 0 N–H and O–H groups in total. The molecule has 0 aromatic carbocycles. The minimum absolute atomic E-state index is 0.655. The van der Waals surface area contributed by atoms with Crippen LogP contribution in [0.25, 0.3) is 22.3 Å². The minimum Gasteiger partial charge on any atom is -0.493 e. The van der Waals surface area contributed by atoms with Gasteiger partial charge < -0.3 is 9.30 Å². The number of nitrogens with zero attached hydrogens (tertiary/aromatic N) is 4. The molecule has 5 nitrogen and oxygen atoms in total. The fraction of sp³-hybridized carbons (Fsp3) is 0.214. The summed E-state index contributed by atoms with van der Waals surface area (Å²) in [6, 6.07) is 4.10. The number of pyridine rings is 1. The lowest BCUT2D eigenvalue weighted by Gasteiger charge is -2.08. The van der Waals surface area contributed by atoms with Crippen molar-refractivity contribution < 1.29 is 4.74 Å². The molecule has 0 amide bonds. The van der Waals surface area contributed by atoms with Gasteiger partial charge in [0.05, 0.1) is 13.3 Å². The van der Waals surface area contributed by atoms with Crippen molar-refractivity contribution in [2.75, 3.05) is 7.11 Å². The first-order valence-electron chi connectivity index (χ1n) is 5.98. The highest BCUT2D eigenvalue weighted by Crippen LogP contribution is 2.28. The van der Waals surface area contributed by atoms with Gasteiger partial charge in [-0.2, -0.15) is 0 Å². The van der Waals surface area contributed by atoms with Crippen LogP contribution in [0, 0.1) is 6.92 Å². The van der Waals surface area contributed by atoms with Crippen LogP contribution in [0.15, 0.2) is 30.7 Å². The summed E-state index contributed by atoms with van der Waals surface area (Å²) in [6.45, 7) is 1.86. The summed E-state index contributed by atoms with van der Waals surface area (Å²) in [5.41, 5.74) is 2.66. The van der Waals surface area contributed by atoms with Gasteiger partial charge in [0.1, 0.15) is 17.2 Å². The van der Waals surface area contributed by atoms with Gasteiger partial charge in [0, 0.05) is 30.4 Å². The fourth-order valence-electron chi connectivity index (χ4n) is 2.10. The van der Waals surface area contributed by atoms with Crippen molar-refractivity contribution in [1.29, 1.82) is 0 Å². The zero-order chi connectivity index (χ0) is 13.4. The van der Waals surface area contributed by atoms with Crippen LogP contribution < -0.4 is 4.74 Å². The molecule has 0 aliphatic heterocycles. The zero-order valence-electron chi connectivity index (χ0n) is 11.1. The summed E-state index contributed by atoms with van der Waals surface area (Å²) in [7, 11) is 3.59.